The molecule has 29 heavy (non-hydrogen) atoms. The van der Waals surface area contributed by atoms with Gasteiger partial charge in [0.2, 0.25) is 0 Å². The molecule has 0 bridgehead atoms. The van der Waals surface area contributed by atoms with Crippen LogP contribution >= 0.6 is 23.2 Å². The molecule has 0 heterocycles. The average molecular weight is 431 g/mol. The summed E-state index contributed by atoms with van der Waals surface area (Å²) in [6.07, 6.45) is 0. The van der Waals surface area contributed by atoms with E-state index in [0.29, 0.717) is 21.5 Å². The molecule has 0 fully saturated rings. The number of benzene rings is 3. The predicted octanol–water partition coefficient (Wildman–Crippen LogP) is 6.82. The van der Waals surface area contributed by atoms with Crippen LogP contribution in [0.2, 0.25) is 10.0 Å². The smallest absolute Gasteiger partial charge is 0.137 e. The van der Waals surface area contributed by atoms with Crippen LogP contribution in [-0.2, 0) is 0 Å². The van der Waals surface area contributed by atoms with Gasteiger partial charge in [-0.1, -0.05) is 35.3 Å². The van der Waals surface area contributed by atoms with Gasteiger partial charge in [0.05, 0.1) is 31.4 Å². The quantitative estimate of drug-likeness (QED) is 0.401. The standard InChI is InChI=1S/C24H24Cl2O3/c1-14-10-22(28-4)20(25)12-18(14)24(16-6-8-17(27-3)9-7-16)19-13-21(26)23(29-5)11-15(19)2/h6-13,24H,1-5H3. The van der Waals surface area contributed by atoms with Crippen molar-refractivity contribution in [1.29, 1.82) is 0 Å². The molecule has 0 spiro atoms. The van der Waals surface area contributed by atoms with Crippen LogP contribution in [0.4, 0.5) is 0 Å². The summed E-state index contributed by atoms with van der Waals surface area (Å²) in [5.41, 5.74) is 5.45. The molecule has 0 N–H and O–H groups in total. The third-order valence-electron chi connectivity index (χ3n) is 5.15. The summed E-state index contributed by atoms with van der Waals surface area (Å²) < 4.78 is 16.1. The molecule has 3 aromatic carbocycles. The van der Waals surface area contributed by atoms with Crippen LogP contribution in [0.1, 0.15) is 33.7 Å². The summed E-state index contributed by atoms with van der Waals surface area (Å²) in [6.45, 7) is 4.12. The minimum absolute atomic E-state index is 0.0623. The first kappa shape index (κ1) is 21.4. The largest absolute Gasteiger partial charge is 0.497 e. The summed E-state index contributed by atoms with van der Waals surface area (Å²) >= 11 is 13.0. The minimum atomic E-state index is -0.0623. The minimum Gasteiger partial charge on any atom is -0.497 e. The Kier molecular flexibility index (Phi) is 6.61. The molecule has 0 aliphatic carbocycles. The zero-order chi connectivity index (χ0) is 21.1. The lowest BCUT2D eigenvalue weighted by Gasteiger charge is -2.24. The molecule has 3 nitrogen and oxygen atoms in total. The lowest BCUT2D eigenvalue weighted by molar-refractivity contribution is 0.414. The monoisotopic (exact) mass is 430 g/mol. The van der Waals surface area contributed by atoms with E-state index < -0.39 is 0 Å². The van der Waals surface area contributed by atoms with Crippen molar-refractivity contribution in [3.05, 3.63) is 86.4 Å². The predicted molar refractivity (Wildman–Crippen MR) is 119 cm³/mol. The van der Waals surface area contributed by atoms with Gasteiger partial charge < -0.3 is 14.2 Å². The van der Waals surface area contributed by atoms with Crippen molar-refractivity contribution in [1.82, 2.24) is 0 Å². The normalized spacial score (nSPS) is 10.9. The Balaban J connectivity index is 2.26. The molecule has 5 heteroatoms. The number of hydrogen-bond acceptors (Lipinski definition) is 3. The van der Waals surface area contributed by atoms with Crippen LogP contribution in [0, 0.1) is 13.8 Å². The highest BCUT2D eigenvalue weighted by molar-refractivity contribution is 6.32. The van der Waals surface area contributed by atoms with Crippen LogP contribution in [-0.4, -0.2) is 21.3 Å². The van der Waals surface area contributed by atoms with E-state index in [1.807, 2.05) is 36.4 Å². The van der Waals surface area contributed by atoms with Crippen molar-refractivity contribution in [2.75, 3.05) is 21.3 Å². The number of hydrogen-bond donors (Lipinski definition) is 0. The Morgan fingerprint density at radius 1 is 0.655 bits per heavy atom. The summed E-state index contributed by atoms with van der Waals surface area (Å²) in [4.78, 5) is 0. The number of methoxy groups -OCH3 is 3. The first-order chi connectivity index (χ1) is 13.9. The fraction of sp³-hybridized carbons (Fsp3) is 0.250. The Labute approximate surface area is 182 Å². The van der Waals surface area contributed by atoms with Crippen LogP contribution in [0.3, 0.4) is 0 Å². The highest BCUT2D eigenvalue weighted by Crippen LogP contribution is 2.42. The van der Waals surface area contributed by atoms with Crippen LogP contribution in [0.25, 0.3) is 0 Å². The maximum atomic E-state index is 6.50. The van der Waals surface area contributed by atoms with E-state index in [4.69, 9.17) is 37.4 Å². The molecule has 3 rings (SSSR count). The van der Waals surface area contributed by atoms with Crippen molar-refractivity contribution < 1.29 is 14.2 Å². The second-order valence-electron chi connectivity index (χ2n) is 6.89. The molecular formula is C24H24Cl2O3. The molecule has 3 aromatic rings. The lowest BCUT2D eigenvalue weighted by atomic mass is 9.81. The van der Waals surface area contributed by atoms with Gasteiger partial charge in [-0.2, -0.15) is 0 Å². The third kappa shape index (κ3) is 4.31. The molecule has 0 aliphatic heterocycles. The first-order valence-electron chi connectivity index (χ1n) is 9.21. The molecule has 0 saturated carbocycles. The lowest BCUT2D eigenvalue weighted by Crippen LogP contribution is -2.08. The van der Waals surface area contributed by atoms with Crippen LogP contribution in [0.5, 0.6) is 17.2 Å². The zero-order valence-corrected chi connectivity index (χ0v) is 18.7. The molecule has 152 valence electrons. The van der Waals surface area contributed by atoms with Crippen molar-refractivity contribution in [2.24, 2.45) is 0 Å². The van der Waals surface area contributed by atoms with Gasteiger partial charge in [-0.25, -0.2) is 0 Å². The zero-order valence-electron chi connectivity index (χ0n) is 17.2. The van der Waals surface area contributed by atoms with Crippen molar-refractivity contribution in [3.8, 4) is 17.2 Å². The molecular weight excluding hydrogens is 407 g/mol. The third-order valence-corrected chi connectivity index (χ3v) is 5.74. The van der Waals surface area contributed by atoms with E-state index in [-0.39, 0.29) is 5.92 Å². The Bertz CT molecular complexity index is 954. The fourth-order valence-electron chi connectivity index (χ4n) is 3.60. The van der Waals surface area contributed by atoms with E-state index in [0.717, 1.165) is 33.6 Å². The van der Waals surface area contributed by atoms with Gasteiger partial charge in [0.25, 0.3) is 0 Å². The Hall–Kier alpha value is -2.36. The maximum absolute atomic E-state index is 6.50. The van der Waals surface area contributed by atoms with E-state index in [9.17, 15) is 0 Å². The van der Waals surface area contributed by atoms with E-state index >= 15 is 0 Å². The highest BCUT2D eigenvalue weighted by atomic mass is 35.5. The molecule has 0 aromatic heterocycles. The number of aryl methyl sites for hydroxylation is 2. The number of ether oxygens (including phenoxy) is 3. The van der Waals surface area contributed by atoms with Gasteiger partial charge in [0.1, 0.15) is 17.2 Å². The molecule has 0 unspecified atom stereocenters. The summed E-state index contributed by atoms with van der Waals surface area (Å²) in [5.74, 6) is 2.06. The SMILES string of the molecule is COc1ccc(C(c2cc(Cl)c(OC)cc2C)c2cc(Cl)c(OC)cc2C)cc1. The summed E-state index contributed by atoms with van der Waals surface area (Å²) in [5, 5.41) is 1.15. The van der Waals surface area contributed by atoms with Crippen molar-refractivity contribution in [2.45, 2.75) is 19.8 Å². The first-order valence-corrected chi connectivity index (χ1v) is 9.97. The van der Waals surface area contributed by atoms with Gasteiger partial charge in [-0.3, -0.25) is 0 Å². The summed E-state index contributed by atoms with van der Waals surface area (Å²) in [7, 11) is 4.90. The van der Waals surface area contributed by atoms with Crippen LogP contribution in [0.15, 0.2) is 48.5 Å². The van der Waals surface area contributed by atoms with Gasteiger partial charge in [0, 0.05) is 5.92 Å². The van der Waals surface area contributed by atoms with Gasteiger partial charge in [-0.15, -0.1) is 0 Å². The van der Waals surface area contributed by atoms with E-state index in [2.05, 4.69) is 26.0 Å². The molecule has 0 atom stereocenters. The number of halogens is 2. The highest BCUT2D eigenvalue weighted by Gasteiger charge is 2.23. The van der Waals surface area contributed by atoms with Crippen LogP contribution < -0.4 is 14.2 Å². The van der Waals surface area contributed by atoms with E-state index in [1.54, 1.807) is 21.3 Å². The molecule has 0 amide bonds. The second kappa shape index (κ2) is 8.98. The number of rotatable bonds is 6. The Morgan fingerprint density at radius 2 is 1.10 bits per heavy atom. The molecule has 0 saturated heterocycles. The summed E-state index contributed by atoms with van der Waals surface area (Å²) in [6, 6.07) is 15.9. The topological polar surface area (TPSA) is 27.7 Å². The second-order valence-corrected chi connectivity index (χ2v) is 7.71. The van der Waals surface area contributed by atoms with Crippen molar-refractivity contribution >= 4 is 23.2 Å². The van der Waals surface area contributed by atoms with Gasteiger partial charge in [0.15, 0.2) is 0 Å². The maximum Gasteiger partial charge on any atom is 0.137 e. The van der Waals surface area contributed by atoms with Gasteiger partial charge in [-0.05, 0) is 78.1 Å². The average Bonchev–Trinajstić information content (AvgIpc) is 2.73. The van der Waals surface area contributed by atoms with Crippen molar-refractivity contribution in [3.63, 3.8) is 0 Å². The van der Waals surface area contributed by atoms with Gasteiger partial charge >= 0.3 is 0 Å². The molecule has 0 aliphatic rings. The molecule has 0 radical (unpaired) electrons. The fourth-order valence-corrected chi connectivity index (χ4v) is 4.10. The van der Waals surface area contributed by atoms with E-state index in [1.165, 1.54) is 0 Å². The Morgan fingerprint density at radius 3 is 1.48 bits per heavy atom.